The van der Waals surface area contributed by atoms with Crippen LogP contribution in [0.5, 0.6) is 0 Å². The van der Waals surface area contributed by atoms with Gasteiger partial charge in [0.05, 0.1) is 6.61 Å². The quantitative estimate of drug-likeness (QED) is 0.852. The Labute approximate surface area is 119 Å². The maximum absolute atomic E-state index is 12.0. The molecule has 0 saturated carbocycles. The van der Waals surface area contributed by atoms with E-state index in [0.717, 1.165) is 10.9 Å². The normalized spacial score (nSPS) is 19.2. The van der Waals surface area contributed by atoms with Gasteiger partial charge in [-0.25, -0.2) is 8.42 Å². The van der Waals surface area contributed by atoms with Gasteiger partial charge in [0.25, 0.3) is 0 Å². The maximum atomic E-state index is 12.0. The summed E-state index contributed by atoms with van der Waals surface area (Å²) in [6, 6.07) is 12.2. The zero-order valence-corrected chi connectivity index (χ0v) is 12.2. The highest BCUT2D eigenvalue weighted by molar-refractivity contribution is 7.88. The molecule has 0 aliphatic carbocycles. The van der Waals surface area contributed by atoms with Crippen LogP contribution in [-0.2, 0) is 21.3 Å². The monoisotopic (exact) mass is 291 g/mol. The van der Waals surface area contributed by atoms with Crippen molar-refractivity contribution in [2.45, 2.75) is 13.5 Å². The standard InChI is InChI=1S/C15H17NO3S/c1-12-6-7-13(15-5-3-2-4-14(12)15)10-16-8-9-19-11-20(16,17)18/h2-7H,8-11H2,1H3. The van der Waals surface area contributed by atoms with Gasteiger partial charge in [0.1, 0.15) is 0 Å². The molecule has 20 heavy (non-hydrogen) atoms. The number of ether oxygens (including phenoxy) is 1. The fourth-order valence-electron chi connectivity index (χ4n) is 2.56. The van der Waals surface area contributed by atoms with Gasteiger partial charge >= 0.3 is 0 Å². The fourth-order valence-corrected chi connectivity index (χ4v) is 3.73. The summed E-state index contributed by atoms with van der Waals surface area (Å²) in [5.41, 5.74) is 2.24. The summed E-state index contributed by atoms with van der Waals surface area (Å²) in [5, 5.41) is 2.30. The number of hydrogen-bond donors (Lipinski definition) is 0. The highest BCUT2D eigenvalue weighted by atomic mass is 32.2. The smallest absolute Gasteiger partial charge is 0.238 e. The summed E-state index contributed by atoms with van der Waals surface area (Å²) in [4.78, 5) is 0. The summed E-state index contributed by atoms with van der Waals surface area (Å²) in [7, 11) is -3.29. The molecule has 0 atom stereocenters. The topological polar surface area (TPSA) is 46.6 Å². The van der Waals surface area contributed by atoms with Gasteiger partial charge in [0.2, 0.25) is 10.0 Å². The summed E-state index contributed by atoms with van der Waals surface area (Å²) >= 11 is 0. The van der Waals surface area contributed by atoms with Crippen molar-refractivity contribution in [3.05, 3.63) is 47.5 Å². The van der Waals surface area contributed by atoms with Gasteiger partial charge in [-0.3, -0.25) is 0 Å². The molecular weight excluding hydrogens is 274 g/mol. The van der Waals surface area contributed by atoms with Crippen LogP contribution in [0.4, 0.5) is 0 Å². The van der Waals surface area contributed by atoms with Gasteiger partial charge in [0.15, 0.2) is 5.94 Å². The van der Waals surface area contributed by atoms with Crippen LogP contribution >= 0.6 is 0 Å². The first-order chi connectivity index (χ1) is 9.58. The molecule has 0 spiro atoms. The molecular formula is C15H17NO3S. The number of fused-ring (bicyclic) bond motifs is 1. The minimum Gasteiger partial charge on any atom is -0.363 e. The largest absolute Gasteiger partial charge is 0.363 e. The van der Waals surface area contributed by atoms with E-state index >= 15 is 0 Å². The van der Waals surface area contributed by atoms with Crippen LogP contribution < -0.4 is 0 Å². The van der Waals surface area contributed by atoms with Gasteiger partial charge in [0, 0.05) is 13.1 Å². The Kier molecular flexibility index (Phi) is 3.50. The zero-order valence-electron chi connectivity index (χ0n) is 11.4. The van der Waals surface area contributed by atoms with Crippen LogP contribution in [0.1, 0.15) is 11.1 Å². The number of rotatable bonds is 2. The van der Waals surface area contributed by atoms with E-state index in [4.69, 9.17) is 4.74 Å². The summed E-state index contributed by atoms with van der Waals surface area (Å²) in [6.07, 6.45) is 0. The molecule has 0 radical (unpaired) electrons. The van der Waals surface area contributed by atoms with E-state index in [9.17, 15) is 8.42 Å². The van der Waals surface area contributed by atoms with Crippen LogP contribution in [0.2, 0.25) is 0 Å². The Hall–Kier alpha value is -1.43. The third kappa shape index (κ3) is 2.44. The molecule has 0 unspecified atom stereocenters. The molecule has 106 valence electrons. The first kappa shape index (κ1) is 13.5. The SMILES string of the molecule is Cc1ccc(CN2CCOCS2(=O)=O)c2ccccc12. The van der Waals surface area contributed by atoms with E-state index in [0.29, 0.717) is 19.7 Å². The Morgan fingerprint density at radius 2 is 1.90 bits per heavy atom. The summed E-state index contributed by atoms with van der Waals surface area (Å²) < 4.78 is 30.5. The van der Waals surface area contributed by atoms with Crippen molar-refractivity contribution in [3.63, 3.8) is 0 Å². The Morgan fingerprint density at radius 3 is 2.65 bits per heavy atom. The van der Waals surface area contributed by atoms with E-state index in [1.165, 1.54) is 15.3 Å². The van der Waals surface area contributed by atoms with Crippen molar-refractivity contribution < 1.29 is 13.2 Å². The summed E-state index contributed by atoms with van der Waals surface area (Å²) in [5.74, 6) is -0.212. The van der Waals surface area contributed by atoms with Gasteiger partial charge in [-0.05, 0) is 28.8 Å². The molecule has 1 aliphatic rings. The third-order valence-electron chi connectivity index (χ3n) is 3.69. The number of nitrogens with zero attached hydrogens (tertiary/aromatic N) is 1. The molecule has 2 aromatic rings. The highest BCUT2D eigenvalue weighted by Gasteiger charge is 2.26. The van der Waals surface area contributed by atoms with Crippen molar-refractivity contribution in [2.75, 3.05) is 19.1 Å². The first-order valence-corrected chi connectivity index (χ1v) is 8.22. The van der Waals surface area contributed by atoms with E-state index in [2.05, 4.69) is 13.0 Å². The molecule has 1 fully saturated rings. The first-order valence-electron chi connectivity index (χ1n) is 6.61. The second-order valence-corrected chi connectivity index (χ2v) is 6.97. The molecule has 0 aromatic heterocycles. The molecule has 5 heteroatoms. The second kappa shape index (κ2) is 5.16. The van der Waals surface area contributed by atoms with E-state index in [1.807, 2.05) is 30.3 Å². The van der Waals surface area contributed by atoms with E-state index in [-0.39, 0.29) is 5.94 Å². The Balaban J connectivity index is 2.01. The Morgan fingerprint density at radius 1 is 1.15 bits per heavy atom. The molecule has 0 bridgehead atoms. The van der Waals surface area contributed by atoms with Crippen LogP contribution in [0, 0.1) is 6.92 Å². The lowest BCUT2D eigenvalue weighted by Gasteiger charge is -2.26. The predicted octanol–water partition coefficient (Wildman–Crippen LogP) is 2.27. The van der Waals surface area contributed by atoms with Crippen LogP contribution in [-0.4, -0.2) is 31.8 Å². The predicted molar refractivity (Wildman–Crippen MR) is 78.8 cm³/mol. The van der Waals surface area contributed by atoms with Crippen LogP contribution in [0.15, 0.2) is 36.4 Å². The van der Waals surface area contributed by atoms with E-state index in [1.54, 1.807) is 0 Å². The lowest BCUT2D eigenvalue weighted by atomic mass is 10.0. The zero-order chi connectivity index (χ0) is 14.2. The van der Waals surface area contributed by atoms with Crippen LogP contribution in [0.25, 0.3) is 10.8 Å². The average Bonchev–Trinajstić information content (AvgIpc) is 2.44. The number of benzene rings is 2. The minimum atomic E-state index is -3.29. The van der Waals surface area contributed by atoms with Crippen LogP contribution in [0.3, 0.4) is 0 Å². The lowest BCUT2D eigenvalue weighted by Crippen LogP contribution is -2.40. The molecule has 1 heterocycles. The molecule has 0 N–H and O–H groups in total. The molecule has 4 nitrogen and oxygen atoms in total. The van der Waals surface area contributed by atoms with Gasteiger partial charge in [-0.15, -0.1) is 0 Å². The number of hydrogen-bond acceptors (Lipinski definition) is 3. The van der Waals surface area contributed by atoms with E-state index < -0.39 is 10.0 Å². The van der Waals surface area contributed by atoms with Crippen molar-refractivity contribution in [1.29, 1.82) is 0 Å². The Bertz CT molecular complexity index is 740. The fraction of sp³-hybridized carbons (Fsp3) is 0.333. The maximum Gasteiger partial charge on any atom is 0.238 e. The van der Waals surface area contributed by atoms with Crippen molar-refractivity contribution >= 4 is 20.8 Å². The second-order valence-electron chi connectivity index (χ2n) is 5.06. The van der Waals surface area contributed by atoms with Crippen molar-refractivity contribution in [1.82, 2.24) is 4.31 Å². The molecule has 3 rings (SSSR count). The average molecular weight is 291 g/mol. The summed E-state index contributed by atoms with van der Waals surface area (Å²) in [6.45, 7) is 3.36. The van der Waals surface area contributed by atoms with Crippen molar-refractivity contribution in [3.8, 4) is 0 Å². The highest BCUT2D eigenvalue weighted by Crippen LogP contribution is 2.24. The van der Waals surface area contributed by atoms with Gasteiger partial charge < -0.3 is 4.74 Å². The number of aryl methyl sites for hydroxylation is 1. The number of sulfonamides is 1. The third-order valence-corrected chi connectivity index (χ3v) is 5.25. The minimum absolute atomic E-state index is 0.212. The van der Waals surface area contributed by atoms with Gasteiger partial charge in [-0.1, -0.05) is 36.4 Å². The molecule has 0 amide bonds. The molecule has 1 aliphatic heterocycles. The molecule has 2 aromatic carbocycles. The molecule has 1 saturated heterocycles. The van der Waals surface area contributed by atoms with Crippen molar-refractivity contribution in [2.24, 2.45) is 0 Å². The lowest BCUT2D eigenvalue weighted by molar-refractivity contribution is 0.130. The van der Waals surface area contributed by atoms with Gasteiger partial charge in [-0.2, -0.15) is 4.31 Å².